The summed E-state index contributed by atoms with van der Waals surface area (Å²) in [4.78, 5) is 14.2. The summed E-state index contributed by atoms with van der Waals surface area (Å²) in [6.45, 7) is 5.14. The number of benzene rings is 1. The highest BCUT2D eigenvalue weighted by Gasteiger charge is 2.31. The average Bonchev–Trinajstić information content (AvgIpc) is 2.45. The molecular weight excluding hydrogens is 236 g/mol. The zero-order chi connectivity index (χ0) is 13.7. The zero-order valence-electron chi connectivity index (χ0n) is 11.9. The van der Waals surface area contributed by atoms with Crippen molar-refractivity contribution < 1.29 is 4.79 Å². The van der Waals surface area contributed by atoms with Crippen LogP contribution in [0.25, 0.3) is 0 Å². The largest absolute Gasteiger partial charge is 0.338 e. The number of hydrogen-bond acceptors (Lipinski definition) is 1. The van der Waals surface area contributed by atoms with Crippen molar-refractivity contribution in [2.24, 2.45) is 0 Å². The molecule has 0 unspecified atom stereocenters. The summed E-state index contributed by atoms with van der Waals surface area (Å²) < 4.78 is 0. The van der Waals surface area contributed by atoms with Crippen molar-refractivity contribution in [1.29, 1.82) is 0 Å². The lowest BCUT2D eigenvalue weighted by atomic mass is 9.98. The first kappa shape index (κ1) is 13.9. The molecule has 0 spiro atoms. The van der Waals surface area contributed by atoms with E-state index in [-0.39, 0.29) is 12.1 Å². The summed E-state index contributed by atoms with van der Waals surface area (Å²) in [5.74, 6) is 0. The van der Waals surface area contributed by atoms with Crippen molar-refractivity contribution in [2.45, 2.75) is 51.6 Å². The fourth-order valence-electron chi connectivity index (χ4n) is 2.85. The summed E-state index contributed by atoms with van der Waals surface area (Å²) in [6, 6.07) is 10.9. The van der Waals surface area contributed by atoms with Crippen molar-refractivity contribution in [3.63, 3.8) is 0 Å². The van der Waals surface area contributed by atoms with Crippen LogP contribution in [0.5, 0.6) is 0 Å². The van der Waals surface area contributed by atoms with Gasteiger partial charge in [-0.1, -0.05) is 50.1 Å². The average molecular weight is 260 g/mol. The Bertz CT molecular complexity index is 404. The van der Waals surface area contributed by atoms with Crippen LogP contribution < -0.4 is 5.32 Å². The minimum absolute atomic E-state index is 0.0868. The predicted octanol–water partition coefficient (Wildman–Crippen LogP) is 3.72. The maximum atomic E-state index is 12.2. The third-order valence-corrected chi connectivity index (χ3v) is 3.97. The van der Waals surface area contributed by atoms with Gasteiger partial charge in [-0.3, -0.25) is 0 Å². The van der Waals surface area contributed by atoms with Gasteiger partial charge >= 0.3 is 6.03 Å². The molecule has 1 aromatic rings. The van der Waals surface area contributed by atoms with E-state index < -0.39 is 0 Å². The van der Waals surface area contributed by atoms with Gasteiger partial charge in [0.1, 0.15) is 0 Å². The highest BCUT2D eigenvalue weighted by Crippen LogP contribution is 2.27. The highest BCUT2D eigenvalue weighted by atomic mass is 16.2. The fourth-order valence-corrected chi connectivity index (χ4v) is 2.85. The number of amides is 2. The van der Waals surface area contributed by atoms with Crippen molar-refractivity contribution in [3.8, 4) is 0 Å². The third kappa shape index (κ3) is 3.28. The fraction of sp³-hybridized carbons (Fsp3) is 0.562. The quantitative estimate of drug-likeness (QED) is 0.859. The SMILES string of the molecule is CCCC[C@H]1CCNC(=O)N1[C@H](C)c1ccccc1. The maximum Gasteiger partial charge on any atom is 0.318 e. The van der Waals surface area contributed by atoms with Crippen LogP contribution >= 0.6 is 0 Å². The van der Waals surface area contributed by atoms with Gasteiger partial charge in [-0.25, -0.2) is 4.79 Å². The molecule has 1 heterocycles. The number of unbranched alkanes of at least 4 members (excludes halogenated alkanes) is 1. The second kappa shape index (κ2) is 6.60. The number of carbonyl (C=O) groups excluding carboxylic acids is 1. The Balaban J connectivity index is 2.14. The Hall–Kier alpha value is -1.51. The zero-order valence-corrected chi connectivity index (χ0v) is 11.9. The van der Waals surface area contributed by atoms with E-state index in [4.69, 9.17) is 0 Å². The van der Waals surface area contributed by atoms with E-state index in [9.17, 15) is 4.79 Å². The van der Waals surface area contributed by atoms with Crippen LogP contribution in [0.4, 0.5) is 4.79 Å². The van der Waals surface area contributed by atoms with Crippen LogP contribution in [0.3, 0.4) is 0 Å². The second-order valence-electron chi connectivity index (χ2n) is 5.31. The molecular formula is C16H24N2O. The van der Waals surface area contributed by atoms with Crippen molar-refractivity contribution in [3.05, 3.63) is 35.9 Å². The van der Waals surface area contributed by atoms with Crippen LogP contribution in [0, 0.1) is 0 Å². The maximum absolute atomic E-state index is 12.2. The van der Waals surface area contributed by atoms with Gasteiger partial charge in [0.25, 0.3) is 0 Å². The van der Waals surface area contributed by atoms with E-state index >= 15 is 0 Å². The van der Waals surface area contributed by atoms with Gasteiger partial charge in [0, 0.05) is 12.6 Å². The Morgan fingerprint density at radius 2 is 2.11 bits per heavy atom. The van der Waals surface area contributed by atoms with Crippen LogP contribution in [0.15, 0.2) is 30.3 Å². The van der Waals surface area contributed by atoms with Gasteiger partial charge in [-0.2, -0.15) is 0 Å². The summed E-state index contributed by atoms with van der Waals surface area (Å²) in [5.41, 5.74) is 1.21. The van der Waals surface area contributed by atoms with Crippen LogP contribution in [0.2, 0.25) is 0 Å². The van der Waals surface area contributed by atoms with Gasteiger partial charge in [0.15, 0.2) is 0 Å². The van der Waals surface area contributed by atoms with Crippen LogP contribution in [-0.4, -0.2) is 23.5 Å². The highest BCUT2D eigenvalue weighted by molar-refractivity contribution is 5.75. The molecule has 19 heavy (non-hydrogen) atoms. The summed E-state index contributed by atoms with van der Waals surface area (Å²) in [6.07, 6.45) is 4.55. The second-order valence-corrected chi connectivity index (χ2v) is 5.31. The molecule has 0 radical (unpaired) electrons. The normalized spacial score (nSPS) is 21.1. The van der Waals surface area contributed by atoms with E-state index in [2.05, 4.69) is 31.3 Å². The molecule has 2 amide bonds. The summed E-state index contributed by atoms with van der Waals surface area (Å²) in [5, 5.41) is 2.98. The molecule has 1 aromatic carbocycles. The first-order valence-electron chi connectivity index (χ1n) is 7.35. The van der Waals surface area contributed by atoms with Crippen molar-refractivity contribution >= 4 is 6.03 Å². The summed E-state index contributed by atoms with van der Waals surface area (Å²) >= 11 is 0. The number of rotatable bonds is 5. The summed E-state index contributed by atoms with van der Waals surface area (Å²) in [7, 11) is 0. The van der Waals surface area contributed by atoms with Gasteiger partial charge in [0.05, 0.1) is 6.04 Å². The van der Waals surface area contributed by atoms with E-state index in [1.807, 2.05) is 23.1 Å². The Kier molecular flexibility index (Phi) is 4.83. The molecule has 2 atom stereocenters. The van der Waals surface area contributed by atoms with Crippen LogP contribution in [0.1, 0.15) is 51.1 Å². The van der Waals surface area contributed by atoms with Gasteiger partial charge in [0.2, 0.25) is 0 Å². The van der Waals surface area contributed by atoms with Crippen molar-refractivity contribution in [2.75, 3.05) is 6.54 Å². The molecule has 104 valence electrons. The first-order valence-corrected chi connectivity index (χ1v) is 7.35. The number of carbonyl (C=O) groups is 1. The lowest BCUT2D eigenvalue weighted by Gasteiger charge is -2.40. The van der Waals surface area contributed by atoms with Crippen molar-refractivity contribution in [1.82, 2.24) is 10.2 Å². The minimum Gasteiger partial charge on any atom is -0.338 e. The van der Waals surface area contributed by atoms with E-state index in [1.165, 1.54) is 18.4 Å². The first-order chi connectivity index (χ1) is 9.24. The number of urea groups is 1. The lowest BCUT2D eigenvalue weighted by molar-refractivity contribution is 0.122. The Labute approximate surface area is 116 Å². The number of nitrogens with zero attached hydrogens (tertiary/aromatic N) is 1. The molecule has 1 N–H and O–H groups in total. The monoisotopic (exact) mass is 260 g/mol. The minimum atomic E-state index is 0.0868. The molecule has 3 nitrogen and oxygen atoms in total. The van der Waals surface area contributed by atoms with Gasteiger partial charge < -0.3 is 10.2 Å². The van der Waals surface area contributed by atoms with Gasteiger partial charge in [-0.15, -0.1) is 0 Å². The molecule has 1 fully saturated rings. The van der Waals surface area contributed by atoms with Crippen LogP contribution in [-0.2, 0) is 0 Å². The molecule has 0 saturated carbocycles. The lowest BCUT2D eigenvalue weighted by Crippen LogP contribution is -2.53. The molecule has 1 aliphatic rings. The predicted molar refractivity (Wildman–Crippen MR) is 78.0 cm³/mol. The number of hydrogen-bond donors (Lipinski definition) is 1. The van der Waals surface area contributed by atoms with Gasteiger partial charge in [-0.05, 0) is 25.3 Å². The van der Waals surface area contributed by atoms with E-state index in [0.29, 0.717) is 6.04 Å². The third-order valence-electron chi connectivity index (χ3n) is 3.97. The Morgan fingerprint density at radius 3 is 2.79 bits per heavy atom. The number of nitrogens with one attached hydrogen (secondary N) is 1. The smallest absolute Gasteiger partial charge is 0.318 e. The topological polar surface area (TPSA) is 32.3 Å². The molecule has 0 bridgehead atoms. The molecule has 0 aromatic heterocycles. The Morgan fingerprint density at radius 1 is 1.37 bits per heavy atom. The molecule has 0 aliphatic carbocycles. The standard InChI is InChI=1S/C16H24N2O/c1-3-4-10-15-11-12-17-16(19)18(15)13(2)14-8-6-5-7-9-14/h5-9,13,15H,3-4,10-12H2,1-2H3,(H,17,19)/t13-,15+/m1/s1. The molecule has 2 rings (SSSR count). The van der Waals surface area contributed by atoms with E-state index in [0.717, 1.165) is 19.4 Å². The molecule has 3 heteroatoms. The molecule has 1 saturated heterocycles. The van der Waals surface area contributed by atoms with E-state index in [1.54, 1.807) is 0 Å². The molecule has 1 aliphatic heterocycles.